The highest BCUT2D eigenvalue weighted by Gasteiger charge is 2.39. The molecule has 0 saturated carbocycles. The third-order valence-electron chi connectivity index (χ3n) is 3.11. The van der Waals surface area contributed by atoms with Gasteiger partial charge in [-0.3, -0.25) is 4.99 Å². The molecule has 5 nitrogen and oxygen atoms in total. The smallest absolute Gasteiger partial charge is 0.374 e. The summed E-state index contributed by atoms with van der Waals surface area (Å²) in [6, 6.07) is 4.96. The number of nitrogens with zero attached hydrogens (tertiary/aromatic N) is 1. The van der Waals surface area contributed by atoms with Crippen LogP contribution in [0.15, 0.2) is 22.5 Å². The van der Waals surface area contributed by atoms with Crippen LogP contribution in [0, 0.1) is 0 Å². The van der Waals surface area contributed by atoms with Crippen molar-refractivity contribution >= 4 is 26.4 Å². The van der Waals surface area contributed by atoms with E-state index < -0.39 is 8.80 Å². The number of hydrogen-bond donors (Lipinski definition) is 1. The number of thiophene rings is 1. The summed E-state index contributed by atoms with van der Waals surface area (Å²) in [6.07, 6.45) is 2.92. The Hall–Kier alpha value is -0.573. The Bertz CT molecular complexity index is 398. The first-order chi connectivity index (χ1) is 11.3. The Balaban J connectivity index is 2.17. The van der Waals surface area contributed by atoms with Gasteiger partial charge in [0.2, 0.25) is 0 Å². The summed E-state index contributed by atoms with van der Waals surface area (Å²) in [7, 11) is -2.48. The zero-order valence-electron chi connectivity index (χ0n) is 14.5. The molecule has 1 aromatic heterocycles. The van der Waals surface area contributed by atoms with Gasteiger partial charge in [0.1, 0.15) is 0 Å². The maximum absolute atomic E-state index is 5.84. The molecule has 1 aromatic rings. The molecule has 0 spiro atoms. The van der Waals surface area contributed by atoms with Crippen molar-refractivity contribution in [1.29, 1.82) is 0 Å². The highest BCUT2D eigenvalue weighted by molar-refractivity contribution is 7.11. The third kappa shape index (κ3) is 8.73. The lowest BCUT2D eigenvalue weighted by Gasteiger charge is -2.28. The second kappa shape index (κ2) is 12.8. The molecule has 0 fully saturated rings. The van der Waals surface area contributed by atoms with E-state index in [0.29, 0.717) is 19.8 Å². The number of rotatable bonds is 14. The van der Waals surface area contributed by atoms with Gasteiger partial charge < -0.3 is 18.6 Å². The molecule has 0 saturated heterocycles. The first-order valence-electron chi connectivity index (χ1n) is 8.42. The van der Waals surface area contributed by atoms with Crippen LogP contribution in [-0.2, 0) is 13.3 Å². The molecule has 0 bridgehead atoms. The fraction of sp³-hybridized carbons (Fsp3) is 0.688. The highest BCUT2D eigenvalue weighted by atomic mass is 32.1. The van der Waals surface area contributed by atoms with Gasteiger partial charge in [-0.15, -0.1) is 11.3 Å². The fourth-order valence-electron chi connectivity index (χ4n) is 2.22. The maximum Gasteiger partial charge on any atom is 0.500 e. The molecule has 0 aromatic carbocycles. The van der Waals surface area contributed by atoms with Crippen molar-refractivity contribution in [2.75, 3.05) is 39.5 Å². The van der Waals surface area contributed by atoms with E-state index in [1.165, 1.54) is 4.88 Å². The number of aliphatic imine (C=N–C) groups is 1. The second-order valence-electron chi connectivity index (χ2n) is 4.89. The summed E-state index contributed by atoms with van der Waals surface area (Å²) in [6.45, 7) is 10.5. The van der Waals surface area contributed by atoms with Crippen LogP contribution in [0.1, 0.15) is 32.1 Å². The standard InChI is InChI=1S/C16H30N2O3SSi/c1-4-19-23(20-5-2,21-6-3)14-8-10-17-11-12-18-15-16-9-7-13-22-16/h7,9,13,15,17H,4-6,8,10-12,14H2,1-3H3. The Morgan fingerprint density at radius 2 is 1.83 bits per heavy atom. The Morgan fingerprint density at radius 3 is 2.39 bits per heavy atom. The third-order valence-corrected chi connectivity index (χ3v) is 7.07. The Morgan fingerprint density at radius 1 is 1.13 bits per heavy atom. The summed E-state index contributed by atoms with van der Waals surface area (Å²) in [4.78, 5) is 5.61. The van der Waals surface area contributed by atoms with E-state index in [0.717, 1.165) is 32.1 Å². The molecule has 0 radical (unpaired) electrons. The molecule has 7 heteroatoms. The van der Waals surface area contributed by atoms with E-state index in [1.54, 1.807) is 11.3 Å². The van der Waals surface area contributed by atoms with Crippen LogP contribution < -0.4 is 5.32 Å². The molecule has 0 aliphatic heterocycles. The van der Waals surface area contributed by atoms with Gasteiger partial charge in [-0.2, -0.15) is 0 Å². The van der Waals surface area contributed by atoms with Crippen molar-refractivity contribution in [1.82, 2.24) is 5.32 Å². The molecular formula is C16H30N2O3SSi. The van der Waals surface area contributed by atoms with Crippen LogP contribution in [0.4, 0.5) is 0 Å². The lowest BCUT2D eigenvalue weighted by molar-refractivity contribution is 0.0708. The van der Waals surface area contributed by atoms with Crippen molar-refractivity contribution in [3.63, 3.8) is 0 Å². The average molecular weight is 359 g/mol. The predicted molar refractivity (Wildman–Crippen MR) is 99.7 cm³/mol. The number of nitrogens with one attached hydrogen (secondary N) is 1. The van der Waals surface area contributed by atoms with Crippen molar-refractivity contribution in [3.05, 3.63) is 22.4 Å². The predicted octanol–water partition coefficient (Wildman–Crippen LogP) is 3.20. The molecule has 1 heterocycles. The molecular weight excluding hydrogens is 328 g/mol. The molecule has 0 aliphatic rings. The molecule has 1 rings (SSSR count). The summed E-state index contributed by atoms with van der Waals surface area (Å²) >= 11 is 1.70. The van der Waals surface area contributed by atoms with Crippen LogP contribution in [0.5, 0.6) is 0 Å². The fourth-order valence-corrected chi connectivity index (χ4v) is 5.44. The molecule has 132 valence electrons. The van der Waals surface area contributed by atoms with Crippen LogP contribution in [0.3, 0.4) is 0 Å². The minimum atomic E-state index is -2.48. The topological polar surface area (TPSA) is 52.1 Å². The highest BCUT2D eigenvalue weighted by Crippen LogP contribution is 2.17. The normalized spacial score (nSPS) is 12.3. The summed E-state index contributed by atoms with van der Waals surface area (Å²) in [5.74, 6) is 0. The largest absolute Gasteiger partial charge is 0.500 e. The first-order valence-corrected chi connectivity index (χ1v) is 11.2. The van der Waals surface area contributed by atoms with E-state index in [1.807, 2.05) is 33.1 Å². The van der Waals surface area contributed by atoms with Gasteiger partial charge in [-0.05, 0) is 45.2 Å². The quantitative estimate of drug-likeness (QED) is 0.315. The lowest BCUT2D eigenvalue weighted by atomic mass is 10.4. The zero-order valence-corrected chi connectivity index (χ0v) is 16.4. The van der Waals surface area contributed by atoms with Gasteiger partial charge >= 0.3 is 8.80 Å². The van der Waals surface area contributed by atoms with E-state index in [-0.39, 0.29) is 0 Å². The van der Waals surface area contributed by atoms with Crippen LogP contribution in [-0.4, -0.2) is 54.5 Å². The Kier molecular flexibility index (Phi) is 11.4. The van der Waals surface area contributed by atoms with E-state index in [2.05, 4.69) is 21.8 Å². The second-order valence-corrected chi connectivity index (χ2v) is 8.60. The van der Waals surface area contributed by atoms with Crippen molar-refractivity contribution in [2.45, 2.75) is 33.2 Å². The van der Waals surface area contributed by atoms with Crippen LogP contribution in [0.25, 0.3) is 0 Å². The van der Waals surface area contributed by atoms with Gasteiger partial charge in [0.05, 0.1) is 6.54 Å². The van der Waals surface area contributed by atoms with Gasteiger partial charge in [-0.25, -0.2) is 0 Å². The van der Waals surface area contributed by atoms with Crippen molar-refractivity contribution in [3.8, 4) is 0 Å². The van der Waals surface area contributed by atoms with Gasteiger partial charge in [0.15, 0.2) is 0 Å². The van der Waals surface area contributed by atoms with Crippen LogP contribution in [0.2, 0.25) is 6.04 Å². The van der Waals surface area contributed by atoms with Gasteiger partial charge in [0, 0.05) is 43.5 Å². The monoisotopic (exact) mass is 358 g/mol. The summed E-state index contributed by atoms with van der Waals surface area (Å²) in [5, 5.41) is 5.47. The summed E-state index contributed by atoms with van der Waals surface area (Å²) < 4.78 is 17.5. The summed E-state index contributed by atoms with van der Waals surface area (Å²) in [5.41, 5.74) is 0. The first kappa shape index (κ1) is 20.5. The van der Waals surface area contributed by atoms with E-state index in [4.69, 9.17) is 13.3 Å². The SMILES string of the molecule is CCO[Si](CCCNCCN=Cc1cccs1)(OCC)OCC. The molecule has 0 amide bonds. The van der Waals surface area contributed by atoms with Crippen molar-refractivity contribution < 1.29 is 13.3 Å². The molecule has 0 aliphatic carbocycles. The molecule has 0 atom stereocenters. The minimum absolute atomic E-state index is 0.636. The van der Waals surface area contributed by atoms with E-state index in [9.17, 15) is 0 Å². The lowest BCUT2D eigenvalue weighted by Crippen LogP contribution is -2.46. The molecule has 0 unspecified atom stereocenters. The van der Waals surface area contributed by atoms with Crippen molar-refractivity contribution in [2.24, 2.45) is 4.99 Å². The van der Waals surface area contributed by atoms with Gasteiger partial charge in [0.25, 0.3) is 0 Å². The van der Waals surface area contributed by atoms with Gasteiger partial charge in [-0.1, -0.05) is 6.07 Å². The zero-order chi connectivity index (χ0) is 16.8. The maximum atomic E-state index is 5.84. The molecule has 23 heavy (non-hydrogen) atoms. The Labute approximate surface area is 145 Å². The minimum Gasteiger partial charge on any atom is -0.374 e. The van der Waals surface area contributed by atoms with Crippen LogP contribution >= 0.6 is 11.3 Å². The number of hydrogen-bond acceptors (Lipinski definition) is 6. The molecule has 1 N–H and O–H groups in total. The average Bonchev–Trinajstić information content (AvgIpc) is 3.04. The van der Waals surface area contributed by atoms with E-state index >= 15 is 0 Å².